The van der Waals surface area contributed by atoms with Crippen LogP contribution in [0.3, 0.4) is 0 Å². The minimum atomic E-state index is -3.55. The highest BCUT2D eigenvalue weighted by Crippen LogP contribution is 2.37. The molecule has 0 aliphatic heterocycles. The van der Waals surface area contributed by atoms with Crippen LogP contribution in [0.15, 0.2) is 29.2 Å². The molecular weight excluding hydrogens is 260 g/mol. The summed E-state index contributed by atoms with van der Waals surface area (Å²) in [7, 11) is -3.55. The number of rotatable bonds is 3. The zero-order valence-corrected chi connectivity index (χ0v) is 12.0. The third-order valence-electron chi connectivity index (χ3n) is 3.83. The lowest BCUT2D eigenvalue weighted by Crippen LogP contribution is -2.41. The fourth-order valence-corrected chi connectivity index (χ4v) is 4.02. The molecule has 0 heterocycles. The summed E-state index contributed by atoms with van der Waals surface area (Å²) in [4.78, 5) is 0.161. The summed E-state index contributed by atoms with van der Waals surface area (Å²) in [5.41, 5.74) is 0.341. The number of benzene rings is 1. The molecule has 102 valence electrons. The van der Waals surface area contributed by atoms with E-state index in [2.05, 4.69) is 18.6 Å². The van der Waals surface area contributed by atoms with Gasteiger partial charge in [0.2, 0.25) is 10.0 Å². The highest BCUT2D eigenvalue weighted by molar-refractivity contribution is 7.89. The second kappa shape index (κ2) is 4.95. The Morgan fingerprint density at radius 1 is 1.42 bits per heavy atom. The van der Waals surface area contributed by atoms with E-state index < -0.39 is 10.0 Å². The molecule has 0 spiro atoms. The highest BCUT2D eigenvalue weighted by atomic mass is 32.2. The zero-order chi connectivity index (χ0) is 14.1. The predicted molar refractivity (Wildman–Crippen MR) is 72.9 cm³/mol. The van der Waals surface area contributed by atoms with Crippen LogP contribution in [-0.4, -0.2) is 14.5 Å². The Kier molecular flexibility index (Phi) is 3.66. The molecule has 0 amide bonds. The Morgan fingerprint density at radius 2 is 2.16 bits per heavy atom. The first-order chi connectivity index (χ1) is 8.85. The van der Waals surface area contributed by atoms with Crippen molar-refractivity contribution in [2.24, 2.45) is 5.41 Å². The summed E-state index contributed by atoms with van der Waals surface area (Å²) in [6.07, 6.45) is 2.93. The van der Waals surface area contributed by atoms with Crippen molar-refractivity contribution in [1.82, 2.24) is 4.72 Å². The highest BCUT2D eigenvalue weighted by Gasteiger charge is 2.37. The SMILES string of the molecule is CC1(C)CCCC1NS(=O)(=O)c1cccc(C#N)c1. The van der Waals surface area contributed by atoms with Gasteiger partial charge in [-0.25, -0.2) is 13.1 Å². The molecule has 0 bridgehead atoms. The molecule has 1 saturated carbocycles. The maximum atomic E-state index is 12.3. The second-order valence-electron chi connectivity index (χ2n) is 5.69. The monoisotopic (exact) mass is 278 g/mol. The molecule has 0 saturated heterocycles. The number of hydrogen-bond donors (Lipinski definition) is 1. The Labute approximate surface area is 114 Å². The first-order valence-electron chi connectivity index (χ1n) is 6.38. The van der Waals surface area contributed by atoms with Crippen LogP contribution in [0.2, 0.25) is 0 Å². The zero-order valence-electron chi connectivity index (χ0n) is 11.2. The molecular formula is C14H18N2O2S. The number of hydrogen-bond acceptors (Lipinski definition) is 3. The van der Waals surface area contributed by atoms with E-state index in [1.54, 1.807) is 12.1 Å². The van der Waals surface area contributed by atoms with E-state index in [4.69, 9.17) is 5.26 Å². The summed E-state index contributed by atoms with van der Waals surface area (Å²) in [6.45, 7) is 4.16. The van der Waals surface area contributed by atoms with Crippen LogP contribution >= 0.6 is 0 Å². The summed E-state index contributed by atoms with van der Waals surface area (Å²) in [6, 6.07) is 8.03. The van der Waals surface area contributed by atoms with Crippen molar-refractivity contribution >= 4 is 10.0 Å². The molecule has 1 aliphatic rings. The minimum Gasteiger partial charge on any atom is -0.208 e. The van der Waals surface area contributed by atoms with Gasteiger partial charge in [0.25, 0.3) is 0 Å². The van der Waals surface area contributed by atoms with Crippen LogP contribution in [0.1, 0.15) is 38.7 Å². The predicted octanol–water partition coefficient (Wildman–Crippen LogP) is 2.42. The van der Waals surface area contributed by atoms with Gasteiger partial charge in [0.15, 0.2) is 0 Å². The lowest BCUT2D eigenvalue weighted by atomic mass is 9.88. The van der Waals surface area contributed by atoms with Gasteiger partial charge in [-0.15, -0.1) is 0 Å². The Balaban J connectivity index is 2.26. The first-order valence-corrected chi connectivity index (χ1v) is 7.86. The standard InChI is InChI=1S/C14H18N2O2S/c1-14(2)8-4-7-13(14)16-19(17,18)12-6-3-5-11(9-12)10-15/h3,5-6,9,13,16H,4,7-8H2,1-2H3. The fraction of sp³-hybridized carbons (Fsp3) is 0.500. The van der Waals surface area contributed by atoms with E-state index in [0.717, 1.165) is 19.3 Å². The molecule has 0 radical (unpaired) electrons. The smallest absolute Gasteiger partial charge is 0.208 e. The number of nitrogens with zero attached hydrogens (tertiary/aromatic N) is 1. The third kappa shape index (κ3) is 2.96. The normalized spacial score (nSPS) is 22.1. The molecule has 1 N–H and O–H groups in total. The molecule has 4 nitrogen and oxygen atoms in total. The van der Waals surface area contributed by atoms with Crippen molar-refractivity contribution in [2.75, 3.05) is 0 Å². The number of nitriles is 1. The van der Waals surface area contributed by atoms with Gasteiger partial charge in [0, 0.05) is 6.04 Å². The molecule has 1 unspecified atom stereocenters. The summed E-state index contributed by atoms with van der Waals surface area (Å²) >= 11 is 0. The van der Waals surface area contributed by atoms with E-state index in [0.29, 0.717) is 5.56 Å². The molecule has 0 aromatic heterocycles. The van der Waals surface area contributed by atoms with E-state index >= 15 is 0 Å². The Bertz CT molecular complexity index is 615. The van der Waals surface area contributed by atoms with Crippen molar-refractivity contribution in [2.45, 2.75) is 44.0 Å². The lowest BCUT2D eigenvalue weighted by molar-refractivity contribution is 0.313. The van der Waals surface area contributed by atoms with Crippen molar-refractivity contribution in [3.8, 4) is 6.07 Å². The van der Waals surface area contributed by atoms with Gasteiger partial charge in [-0.05, 0) is 36.5 Å². The van der Waals surface area contributed by atoms with Crippen LogP contribution in [0, 0.1) is 16.7 Å². The third-order valence-corrected chi connectivity index (χ3v) is 5.30. The van der Waals surface area contributed by atoms with Gasteiger partial charge in [-0.2, -0.15) is 5.26 Å². The summed E-state index contributed by atoms with van der Waals surface area (Å²) in [5, 5.41) is 8.83. The average molecular weight is 278 g/mol. The van der Waals surface area contributed by atoms with Crippen molar-refractivity contribution in [3.63, 3.8) is 0 Å². The van der Waals surface area contributed by atoms with Gasteiger partial charge in [-0.3, -0.25) is 0 Å². The van der Waals surface area contributed by atoms with Crippen LogP contribution in [0.25, 0.3) is 0 Å². The first kappa shape index (κ1) is 14.0. The molecule has 1 aromatic carbocycles. The minimum absolute atomic E-state index is 0.0140. The van der Waals surface area contributed by atoms with Gasteiger partial charge in [0.05, 0.1) is 16.5 Å². The van der Waals surface area contributed by atoms with Gasteiger partial charge >= 0.3 is 0 Å². The molecule has 1 aromatic rings. The Morgan fingerprint density at radius 3 is 2.74 bits per heavy atom. The number of sulfonamides is 1. The van der Waals surface area contributed by atoms with E-state index in [-0.39, 0.29) is 16.4 Å². The van der Waals surface area contributed by atoms with Crippen molar-refractivity contribution in [1.29, 1.82) is 5.26 Å². The molecule has 2 rings (SSSR count). The maximum absolute atomic E-state index is 12.3. The number of nitrogens with one attached hydrogen (secondary N) is 1. The fourth-order valence-electron chi connectivity index (χ4n) is 2.53. The molecule has 5 heteroatoms. The van der Waals surface area contributed by atoms with Gasteiger partial charge < -0.3 is 0 Å². The lowest BCUT2D eigenvalue weighted by Gasteiger charge is -2.27. The summed E-state index contributed by atoms with van der Waals surface area (Å²) < 4.78 is 27.4. The van der Waals surface area contributed by atoms with Crippen LogP contribution < -0.4 is 4.72 Å². The second-order valence-corrected chi connectivity index (χ2v) is 7.41. The molecule has 1 fully saturated rings. The van der Waals surface area contributed by atoms with E-state index in [1.165, 1.54) is 12.1 Å². The largest absolute Gasteiger partial charge is 0.240 e. The van der Waals surface area contributed by atoms with Crippen LogP contribution in [-0.2, 0) is 10.0 Å². The van der Waals surface area contributed by atoms with Gasteiger partial charge in [-0.1, -0.05) is 26.3 Å². The van der Waals surface area contributed by atoms with Gasteiger partial charge in [0.1, 0.15) is 0 Å². The maximum Gasteiger partial charge on any atom is 0.240 e. The average Bonchev–Trinajstić information content (AvgIpc) is 2.68. The Hall–Kier alpha value is -1.38. The van der Waals surface area contributed by atoms with E-state index in [1.807, 2.05) is 6.07 Å². The molecule has 19 heavy (non-hydrogen) atoms. The quantitative estimate of drug-likeness (QED) is 0.923. The van der Waals surface area contributed by atoms with Crippen molar-refractivity contribution < 1.29 is 8.42 Å². The van der Waals surface area contributed by atoms with Crippen LogP contribution in [0.5, 0.6) is 0 Å². The van der Waals surface area contributed by atoms with E-state index in [9.17, 15) is 8.42 Å². The van der Waals surface area contributed by atoms with Crippen molar-refractivity contribution in [3.05, 3.63) is 29.8 Å². The summed E-state index contributed by atoms with van der Waals surface area (Å²) in [5.74, 6) is 0. The topological polar surface area (TPSA) is 70.0 Å². The van der Waals surface area contributed by atoms with Crippen LogP contribution in [0.4, 0.5) is 0 Å². The molecule has 1 aliphatic carbocycles. The molecule has 1 atom stereocenters.